The minimum Gasteiger partial charge on any atom is -0.450 e. The van der Waals surface area contributed by atoms with Crippen LogP contribution in [0.25, 0.3) is 0 Å². The van der Waals surface area contributed by atoms with E-state index in [1.165, 1.54) is 6.07 Å². The van der Waals surface area contributed by atoms with Crippen molar-refractivity contribution >= 4 is 11.9 Å². The van der Waals surface area contributed by atoms with Gasteiger partial charge >= 0.3 is 6.09 Å². The first-order chi connectivity index (χ1) is 12.1. The first kappa shape index (κ1) is 17.1. The highest BCUT2D eigenvalue weighted by Crippen LogP contribution is 2.35. The summed E-state index contributed by atoms with van der Waals surface area (Å²) in [4.78, 5) is 24.9. The maximum absolute atomic E-state index is 14.4. The van der Waals surface area contributed by atoms with Crippen LogP contribution in [0.5, 0.6) is 0 Å². The van der Waals surface area contributed by atoms with Gasteiger partial charge in [-0.1, -0.05) is 42.5 Å². The molecule has 0 aliphatic heterocycles. The van der Waals surface area contributed by atoms with Crippen molar-refractivity contribution in [3.05, 3.63) is 71.0 Å². The van der Waals surface area contributed by atoms with E-state index in [1.807, 2.05) is 18.2 Å². The Labute approximate surface area is 146 Å². The predicted octanol–water partition coefficient (Wildman–Crippen LogP) is 4.06. The Hall–Kier alpha value is -2.69. The molecule has 0 heterocycles. The van der Waals surface area contributed by atoms with Crippen LogP contribution in [-0.4, -0.2) is 18.5 Å². The Morgan fingerprint density at radius 2 is 1.96 bits per heavy atom. The molecular formula is C20H20FNO3. The number of halogens is 1. The highest BCUT2D eigenvalue weighted by Gasteiger charge is 2.36. The van der Waals surface area contributed by atoms with Gasteiger partial charge in [-0.25, -0.2) is 9.18 Å². The van der Waals surface area contributed by atoms with Crippen molar-refractivity contribution in [1.29, 1.82) is 0 Å². The number of ether oxygens (including phenoxy) is 1. The fourth-order valence-corrected chi connectivity index (χ4v) is 3.36. The highest BCUT2D eigenvalue weighted by atomic mass is 19.1. The van der Waals surface area contributed by atoms with Crippen molar-refractivity contribution < 1.29 is 18.7 Å². The van der Waals surface area contributed by atoms with Gasteiger partial charge in [0.15, 0.2) is 5.78 Å². The molecule has 3 rings (SSSR count). The van der Waals surface area contributed by atoms with Gasteiger partial charge in [0, 0.05) is 17.0 Å². The zero-order valence-corrected chi connectivity index (χ0v) is 14.0. The molecule has 1 aliphatic rings. The van der Waals surface area contributed by atoms with Gasteiger partial charge in [0.25, 0.3) is 0 Å². The second kappa shape index (κ2) is 7.47. The molecule has 4 nitrogen and oxygen atoms in total. The largest absolute Gasteiger partial charge is 0.450 e. The van der Waals surface area contributed by atoms with Crippen molar-refractivity contribution in [3.63, 3.8) is 0 Å². The lowest BCUT2D eigenvalue weighted by molar-refractivity contribution is 0.0857. The quantitative estimate of drug-likeness (QED) is 0.912. The summed E-state index contributed by atoms with van der Waals surface area (Å²) < 4.78 is 19.3. The van der Waals surface area contributed by atoms with E-state index in [-0.39, 0.29) is 12.4 Å². The third kappa shape index (κ3) is 3.55. The minimum atomic E-state index is -0.763. The average Bonchev–Trinajstić information content (AvgIpc) is 2.62. The van der Waals surface area contributed by atoms with Crippen LogP contribution in [0.2, 0.25) is 0 Å². The number of hydrogen-bond acceptors (Lipinski definition) is 3. The number of rotatable bonds is 4. The van der Waals surface area contributed by atoms with Crippen LogP contribution in [0, 0.1) is 11.7 Å². The summed E-state index contributed by atoms with van der Waals surface area (Å²) in [6.07, 6.45) is 0.603. The van der Waals surface area contributed by atoms with Crippen LogP contribution in [-0.2, 0) is 11.2 Å². The van der Waals surface area contributed by atoms with Gasteiger partial charge < -0.3 is 10.1 Å². The molecule has 0 saturated carbocycles. The van der Waals surface area contributed by atoms with Gasteiger partial charge in [-0.3, -0.25) is 4.79 Å². The maximum atomic E-state index is 14.4. The number of nitrogens with one attached hydrogen (secondary N) is 1. The minimum absolute atomic E-state index is 0.0769. The monoisotopic (exact) mass is 341 g/mol. The maximum Gasteiger partial charge on any atom is 0.407 e. The van der Waals surface area contributed by atoms with Gasteiger partial charge in [-0.2, -0.15) is 0 Å². The molecule has 25 heavy (non-hydrogen) atoms. The lowest BCUT2D eigenvalue weighted by Gasteiger charge is -2.31. The fraction of sp³-hybridized carbons (Fsp3) is 0.300. The molecule has 5 heteroatoms. The molecule has 0 aromatic heterocycles. The number of carbonyl (C=O) groups excluding carboxylic acids is 2. The first-order valence-corrected chi connectivity index (χ1v) is 8.41. The van der Waals surface area contributed by atoms with Crippen molar-refractivity contribution in [1.82, 2.24) is 5.32 Å². The number of carbonyl (C=O) groups is 2. The molecule has 0 bridgehead atoms. The third-order valence-electron chi connectivity index (χ3n) is 4.54. The Balaban J connectivity index is 1.96. The predicted molar refractivity (Wildman–Crippen MR) is 91.9 cm³/mol. The summed E-state index contributed by atoms with van der Waals surface area (Å²) in [6.45, 7) is 1.90. The number of benzene rings is 2. The van der Waals surface area contributed by atoms with Crippen molar-refractivity contribution in [2.45, 2.75) is 25.8 Å². The van der Waals surface area contributed by atoms with Gasteiger partial charge in [-0.15, -0.1) is 0 Å². The van der Waals surface area contributed by atoms with Gasteiger partial charge in [-0.05, 0) is 31.4 Å². The van der Waals surface area contributed by atoms with Crippen LogP contribution in [0.15, 0.2) is 48.5 Å². The number of Topliss-reactive ketones (excluding diaryl/α,β-unsaturated/α-hetero) is 1. The second-order valence-corrected chi connectivity index (χ2v) is 6.03. The van der Waals surface area contributed by atoms with Crippen molar-refractivity contribution in [3.8, 4) is 0 Å². The molecule has 130 valence electrons. The van der Waals surface area contributed by atoms with Gasteiger partial charge in [0.2, 0.25) is 0 Å². The lowest BCUT2D eigenvalue weighted by Crippen LogP contribution is -2.39. The smallest absolute Gasteiger partial charge is 0.407 e. The molecule has 0 radical (unpaired) electrons. The Morgan fingerprint density at radius 3 is 2.72 bits per heavy atom. The summed E-state index contributed by atoms with van der Waals surface area (Å²) in [5.74, 6) is -1.06. The zero-order valence-electron chi connectivity index (χ0n) is 14.0. The van der Waals surface area contributed by atoms with Crippen molar-refractivity contribution in [2.75, 3.05) is 6.61 Å². The van der Waals surface area contributed by atoms with E-state index in [9.17, 15) is 14.0 Å². The number of amides is 1. The third-order valence-corrected chi connectivity index (χ3v) is 4.54. The Morgan fingerprint density at radius 1 is 1.24 bits per heavy atom. The summed E-state index contributed by atoms with van der Waals surface area (Å²) in [5.41, 5.74) is 1.94. The molecular weight excluding hydrogens is 321 g/mol. The molecule has 1 aliphatic carbocycles. The van der Waals surface area contributed by atoms with Crippen LogP contribution < -0.4 is 5.32 Å². The molecule has 2 aromatic rings. The topological polar surface area (TPSA) is 55.4 Å². The van der Waals surface area contributed by atoms with Crippen molar-refractivity contribution in [2.24, 2.45) is 5.92 Å². The van der Waals surface area contributed by atoms with Crippen LogP contribution in [0.4, 0.5) is 9.18 Å². The molecule has 2 aromatic carbocycles. The lowest BCUT2D eigenvalue weighted by atomic mass is 9.77. The number of fused-ring (bicyclic) bond motifs is 1. The number of hydrogen-bond donors (Lipinski definition) is 1. The summed E-state index contributed by atoms with van der Waals surface area (Å²) >= 11 is 0. The first-order valence-electron chi connectivity index (χ1n) is 8.41. The fourth-order valence-electron chi connectivity index (χ4n) is 3.36. The van der Waals surface area contributed by atoms with E-state index < -0.39 is 23.9 Å². The number of alkyl carbamates (subject to hydrolysis) is 1. The Kier molecular flexibility index (Phi) is 5.12. The van der Waals surface area contributed by atoms with E-state index in [2.05, 4.69) is 5.32 Å². The molecule has 2 atom stereocenters. The second-order valence-electron chi connectivity index (χ2n) is 6.03. The molecule has 0 saturated heterocycles. The molecule has 0 unspecified atom stereocenters. The zero-order chi connectivity index (χ0) is 17.8. The van der Waals surface area contributed by atoms with Crippen LogP contribution in [0.1, 0.15) is 40.9 Å². The highest BCUT2D eigenvalue weighted by molar-refractivity contribution is 6.00. The van der Waals surface area contributed by atoms with Crippen LogP contribution in [0.3, 0.4) is 0 Å². The Bertz CT molecular complexity index is 790. The van der Waals surface area contributed by atoms with E-state index in [0.29, 0.717) is 24.0 Å². The van der Waals surface area contributed by atoms with E-state index in [1.54, 1.807) is 31.2 Å². The number of aryl methyl sites for hydroxylation is 1. The van der Waals surface area contributed by atoms with Gasteiger partial charge in [0.05, 0.1) is 12.6 Å². The van der Waals surface area contributed by atoms with E-state index >= 15 is 0 Å². The molecule has 0 spiro atoms. The van der Waals surface area contributed by atoms with E-state index in [0.717, 1.165) is 5.56 Å². The summed E-state index contributed by atoms with van der Waals surface area (Å²) in [5, 5.41) is 2.68. The normalized spacial score (nSPS) is 17.5. The SMILES string of the molecule is CCOC(=O)N[C@@H](c1ccccc1F)[C@@H]1CCc2ccccc2C1=O. The average molecular weight is 341 g/mol. The standard InChI is InChI=1S/C20H20FNO3/c1-2-25-20(24)22-18(15-9-5-6-10-17(15)21)16-12-11-13-7-3-4-8-14(13)19(16)23/h3-10,16,18H,2,11-12H2,1H3,(H,22,24)/t16-,18-/m0/s1. The molecule has 0 fully saturated rings. The van der Waals surface area contributed by atoms with E-state index in [4.69, 9.17) is 4.74 Å². The van der Waals surface area contributed by atoms with Gasteiger partial charge in [0.1, 0.15) is 5.82 Å². The molecule has 1 N–H and O–H groups in total. The van der Waals surface area contributed by atoms with Crippen LogP contribution >= 0.6 is 0 Å². The summed E-state index contributed by atoms with van der Waals surface area (Å²) in [6, 6.07) is 12.9. The number of ketones is 1. The molecule has 1 amide bonds. The summed E-state index contributed by atoms with van der Waals surface area (Å²) in [7, 11) is 0.